The molecule has 0 spiro atoms. The van der Waals surface area contributed by atoms with Crippen molar-refractivity contribution in [1.82, 2.24) is 4.57 Å². The fourth-order valence-corrected chi connectivity index (χ4v) is 8.03. The molecule has 0 saturated carbocycles. The molecule has 0 bridgehead atoms. The van der Waals surface area contributed by atoms with E-state index in [-0.39, 0.29) is 0 Å². The molecule has 10 aromatic rings. The van der Waals surface area contributed by atoms with Gasteiger partial charge in [-0.1, -0.05) is 152 Å². The van der Waals surface area contributed by atoms with E-state index >= 15 is 0 Å². The second-order valence-electron chi connectivity index (χ2n) is 12.9. The van der Waals surface area contributed by atoms with Gasteiger partial charge < -0.3 is 9.47 Å². The second kappa shape index (κ2) is 11.5. The third-order valence-corrected chi connectivity index (χ3v) is 10.1. The Morgan fingerprint density at radius 2 is 0.840 bits per heavy atom. The highest BCUT2D eigenvalue weighted by atomic mass is 15.1. The summed E-state index contributed by atoms with van der Waals surface area (Å²) >= 11 is 0. The molecule has 0 N–H and O–H groups in total. The molecular formula is C48H32N2. The van der Waals surface area contributed by atoms with E-state index in [0.29, 0.717) is 0 Å². The van der Waals surface area contributed by atoms with E-state index in [2.05, 4.69) is 204 Å². The minimum absolute atomic E-state index is 1.09. The number of hydrogen-bond acceptors (Lipinski definition) is 1. The molecule has 1 aromatic heterocycles. The van der Waals surface area contributed by atoms with E-state index in [1.165, 1.54) is 70.9 Å². The van der Waals surface area contributed by atoms with Gasteiger partial charge in [-0.05, 0) is 75.0 Å². The molecule has 0 aliphatic rings. The predicted molar refractivity (Wildman–Crippen MR) is 213 cm³/mol. The third-order valence-electron chi connectivity index (χ3n) is 10.1. The summed E-state index contributed by atoms with van der Waals surface area (Å²) in [5.74, 6) is 0. The van der Waals surface area contributed by atoms with Gasteiger partial charge in [-0.15, -0.1) is 0 Å². The number of hydrogen-bond donors (Lipinski definition) is 0. The van der Waals surface area contributed by atoms with Gasteiger partial charge in [0.1, 0.15) is 0 Å². The summed E-state index contributed by atoms with van der Waals surface area (Å²) in [7, 11) is 0. The number of fused-ring (bicyclic) bond motifs is 7. The Balaban J connectivity index is 1.34. The van der Waals surface area contributed by atoms with Crippen LogP contribution in [0.3, 0.4) is 0 Å². The first kappa shape index (κ1) is 28.4. The zero-order chi connectivity index (χ0) is 33.0. The van der Waals surface area contributed by atoms with Crippen LogP contribution < -0.4 is 4.90 Å². The van der Waals surface area contributed by atoms with Crippen molar-refractivity contribution in [1.29, 1.82) is 0 Å². The normalized spacial score (nSPS) is 11.6. The van der Waals surface area contributed by atoms with Gasteiger partial charge in [-0.2, -0.15) is 0 Å². The maximum atomic E-state index is 2.48. The average molecular weight is 637 g/mol. The Bertz CT molecular complexity index is 2820. The van der Waals surface area contributed by atoms with Crippen LogP contribution in [0.5, 0.6) is 0 Å². The minimum Gasteiger partial charge on any atom is -0.309 e. The Kier molecular flexibility index (Phi) is 6.53. The molecule has 9 aromatic carbocycles. The summed E-state index contributed by atoms with van der Waals surface area (Å²) in [5.41, 5.74) is 9.33. The van der Waals surface area contributed by atoms with Crippen molar-refractivity contribution in [2.75, 3.05) is 4.90 Å². The van der Waals surface area contributed by atoms with E-state index < -0.39 is 0 Å². The SMILES string of the molecule is c1ccc(N(c2cccc(-n3c4ccccc4c4ccccc43)c2)c2c(-c3cccc4ccccc34)c3ccccc3c3ccccc23)cc1. The van der Waals surface area contributed by atoms with Gasteiger partial charge in [0, 0.05) is 38.8 Å². The number of anilines is 3. The van der Waals surface area contributed by atoms with Gasteiger partial charge in [0.2, 0.25) is 0 Å². The van der Waals surface area contributed by atoms with Gasteiger partial charge in [-0.3, -0.25) is 0 Å². The van der Waals surface area contributed by atoms with Crippen molar-refractivity contribution < 1.29 is 0 Å². The van der Waals surface area contributed by atoms with Crippen LogP contribution in [0.25, 0.3) is 70.9 Å². The zero-order valence-electron chi connectivity index (χ0n) is 27.4. The monoisotopic (exact) mass is 636 g/mol. The molecule has 50 heavy (non-hydrogen) atoms. The highest BCUT2D eigenvalue weighted by Gasteiger charge is 2.25. The first-order valence-electron chi connectivity index (χ1n) is 17.2. The molecule has 10 rings (SSSR count). The number of benzene rings is 9. The van der Waals surface area contributed by atoms with Gasteiger partial charge in [0.05, 0.1) is 16.7 Å². The Labute approximate surface area is 290 Å². The topological polar surface area (TPSA) is 8.17 Å². The summed E-state index contributed by atoms with van der Waals surface area (Å²) in [6.07, 6.45) is 0. The Morgan fingerprint density at radius 3 is 1.56 bits per heavy atom. The van der Waals surface area contributed by atoms with Crippen LogP contribution in [0.2, 0.25) is 0 Å². The molecule has 0 aliphatic heterocycles. The fraction of sp³-hybridized carbons (Fsp3) is 0. The van der Waals surface area contributed by atoms with Crippen LogP contribution in [0, 0.1) is 0 Å². The molecule has 0 aliphatic carbocycles. The lowest BCUT2D eigenvalue weighted by molar-refractivity contribution is 1.17. The first-order valence-corrected chi connectivity index (χ1v) is 17.2. The Morgan fingerprint density at radius 1 is 0.340 bits per heavy atom. The minimum atomic E-state index is 1.09. The Hall–Kier alpha value is -6.64. The van der Waals surface area contributed by atoms with Crippen molar-refractivity contribution in [3.8, 4) is 16.8 Å². The largest absolute Gasteiger partial charge is 0.309 e. The predicted octanol–water partition coefficient (Wildman–Crippen LogP) is 13.4. The number of aromatic nitrogens is 1. The van der Waals surface area contributed by atoms with Crippen LogP contribution in [0.4, 0.5) is 17.1 Å². The highest BCUT2D eigenvalue weighted by Crippen LogP contribution is 2.50. The summed E-state index contributed by atoms with van der Waals surface area (Å²) < 4.78 is 2.40. The van der Waals surface area contributed by atoms with Crippen molar-refractivity contribution >= 4 is 71.2 Å². The van der Waals surface area contributed by atoms with Crippen molar-refractivity contribution in [3.05, 3.63) is 194 Å². The van der Waals surface area contributed by atoms with Gasteiger partial charge >= 0.3 is 0 Å². The average Bonchev–Trinajstić information content (AvgIpc) is 3.53. The lowest BCUT2D eigenvalue weighted by atomic mass is 9.88. The standard InChI is InChI=1S/C48H32N2/c1-2-18-34(19-3-1)49(35-20-15-21-36(32-35)50-45-30-12-10-25-40(45)41-26-11-13-31-46(41)50)48-44-28-9-7-24-39(44)38-23-6-8-27-43(38)47(48)42-29-14-17-33-16-4-5-22-37(33)42/h1-32H. The zero-order valence-corrected chi connectivity index (χ0v) is 27.4. The molecule has 2 heteroatoms. The number of nitrogens with zero attached hydrogens (tertiary/aromatic N) is 2. The molecule has 0 fully saturated rings. The van der Waals surface area contributed by atoms with Crippen molar-refractivity contribution in [2.45, 2.75) is 0 Å². The molecule has 0 radical (unpaired) electrons. The van der Waals surface area contributed by atoms with Gasteiger partial charge in [-0.25, -0.2) is 0 Å². The molecule has 2 nitrogen and oxygen atoms in total. The number of rotatable bonds is 5. The molecule has 0 unspecified atom stereocenters. The maximum absolute atomic E-state index is 2.48. The fourth-order valence-electron chi connectivity index (χ4n) is 8.03. The second-order valence-corrected chi connectivity index (χ2v) is 12.9. The van der Waals surface area contributed by atoms with Crippen LogP contribution in [-0.2, 0) is 0 Å². The maximum Gasteiger partial charge on any atom is 0.0625 e. The molecule has 0 atom stereocenters. The summed E-state index contributed by atoms with van der Waals surface area (Å²) in [6, 6.07) is 70.5. The van der Waals surface area contributed by atoms with Crippen LogP contribution >= 0.6 is 0 Å². The molecule has 0 saturated heterocycles. The third kappa shape index (κ3) is 4.36. The van der Waals surface area contributed by atoms with E-state index in [1.54, 1.807) is 0 Å². The quantitative estimate of drug-likeness (QED) is 0.171. The summed E-state index contributed by atoms with van der Waals surface area (Å²) in [6.45, 7) is 0. The number of para-hydroxylation sites is 3. The molecule has 0 amide bonds. The van der Waals surface area contributed by atoms with E-state index in [9.17, 15) is 0 Å². The van der Waals surface area contributed by atoms with Gasteiger partial charge in [0.15, 0.2) is 0 Å². The van der Waals surface area contributed by atoms with Crippen molar-refractivity contribution in [3.63, 3.8) is 0 Å². The van der Waals surface area contributed by atoms with Crippen LogP contribution in [0.1, 0.15) is 0 Å². The van der Waals surface area contributed by atoms with Crippen LogP contribution in [-0.4, -0.2) is 4.57 Å². The summed E-state index contributed by atoms with van der Waals surface area (Å²) in [5, 5.41) is 9.91. The van der Waals surface area contributed by atoms with Crippen LogP contribution in [0.15, 0.2) is 194 Å². The molecule has 1 heterocycles. The molecule has 234 valence electrons. The smallest absolute Gasteiger partial charge is 0.0625 e. The van der Waals surface area contributed by atoms with Crippen molar-refractivity contribution in [2.24, 2.45) is 0 Å². The lowest BCUT2D eigenvalue weighted by Gasteiger charge is -2.31. The lowest BCUT2D eigenvalue weighted by Crippen LogP contribution is -2.13. The summed E-state index contributed by atoms with van der Waals surface area (Å²) in [4.78, 5) is 2.48. The highest BCUT2D eigenvalue weighted by molar-refractivity contribution is 6.24. The van der Waals surface area contributed by atoms with E-state index in [4.69, 9.17) is 0 Å². The van der Waals surface area contributed by atoms with E-state index in [0.717, 1.165) is 17.1 Å². The van der Waals surface area contributed by atoms with Gasteiger partial charge in [0.25, 0.3) is 0 Å². The van der Waals surface area contributed by atoms with E-state index in [1.807, 2.05) is 0 Å². The molecular weight excluding hydrogens is 605 g/mol. The first-order chi connectivity index (χ1) is 24.8.